The molecule has 0 bridgehead atoms. The Bertz CT molecular complexity index is 521. The third-order valence-electron chi connectivity index (χ3n) is 2.14. The number of hydrogen-bond acceptors (Lipinski definition) is 3. The van der Waals surface area contributed by atoms with E-state index in [2.05, 4.69) is 4.98 Å². The van der Waals surface area contributed by atoms with Gasteiger partial charge in [0.05, 0.1) is 9.88 Å². The molecule has 0 aliphatic heterocycles. The van der Waals surface area contributed by atoms with Crippen LogP contribution in [0.5, 0.6) is 0 Å². The fourth-order valence-electron chi connectivity index (χ4n) is 1.38. The molecule has 0 unspecified atom stereocenters. The first-order valence-corrected chi connectivity index (χ1v) is 6.04. The third kappa shape index (κ3) is 2.68. The molecule has 0 saturated carbocycles. The Morgan fingerprint density at radius 3 is 2.94 bits per heavy atom. The molecule has 82 valence electrons. The number of carbonyl (C=O) groups excluding carboxylic acids is 1. The van der Waals surface area contributed by atoms with Crippen molar-refractivity contribution in [2.24, 2.45) is 0 Å². The highest BCUT2D eigenvalue weighted by molar-refractivity contribution is 7.13. The SMILES string of the molecule is CC(=O)c1cnc(Cc2cccc(Cl)c2)s1. The molecule has 4 heteroatoms. The van der Waals surface area contributed by atoms with Gasteiger partial charge in [-0.25, -0.2) is 4.98 Å². The number of thiazole rings is 1. The summed E-state index contributed by atoms with van der Waals surface area (Å²) in [6.07, 6.45) is 2.35. The second kappa shape index (κ2) is 4.76. The lowest BCUT2D eigenvalue weighted by molar-refractivity contribution is 0.102. The van der Waals surface area contributed by atoms with Gasteiger partial charge in [0.1, 0.15) is 0 Å². The highest BCUT2D eigenvalue weighted by atomic mass is 35.5. The average Bonchev–Trinajstić information content (AvgIpc) is 2.66. The van der Waals surface area contributed by atoms with E-state index in [1.54, 1.807) is 13.1 Å². The predicted octanol–water partition coefficient (Wildman–Crippen LogP) is 3.59. The summed E-state index contributed by atoms with van der Waals surface area (Å²) < 4.78 is 0. The summed E-state index contributed by atoms with van der Waals surface area (Å²) in [5, 5.41) is 1.66. The first-order valence-electron chi connectivity index (χ1n) is 4.85. The molecule has 1 aromatic heterocycles. The standard InChI is InChI=1S/C12H10ClNOS/c1-8(15)11-7-14-12(16-11)6-9-3-2-4-10(13)5-9/h2-5,7H,6H2,1H3. The van der Waals surface area contributed by atoms with Crippen LogP contribution in [0.1, 0.15) is 27.2 Å². The minimum Gasteiger partial charge on any atom is -0.294 e. The Hall–Kier alpha value is -1.19. The van der Waals surface area contributed by atoms with Crippen molar-refractivity contribution in [1.82, 2.24) is 4.98 Å². The molecule has 1 aromatic carbocycles. The predicted molar refractivity (Wildman–Crippen MR) is 66.4 cm³/mol. The van der Waals surface area contributed by atoms with Gasteiger partial charge in [-0.15, -0.1) is 11.3 Å². The number of carbonyl (C=O) groups is 1. The van der Waals surface area contributed by atoms with E-state index in [1.165, 1.54) is 11.3 Å². The number of aromatic nitrogens is 1. The molecule has 2 aromatic rings. The van der Waals surface area contributed by atoms with Gasteiger partial charge in [-0.2, -0.15) is 0 Å². The molecule has 16 heavy (non-hydrogen) atoms. The smallest absolute Gasteiger partial charge is 0.171 e. The van der Waals surface area contributed by atoms with E-state index in [0.717, 1.165) is 22.0 Å². The molecule has 0 N–H and O–H groups in total. The maximum Gasteiger partial charge on any atom is 0.171 e. The van der Waals surface area contributed by atoms with Crippen molar-refractivity contribution in [3.05, 3.63) is 50.9 Å². The molecule has 2 rings (SSSR count). The van der Waals surface area contributed by atoms with Gasteiger partial charge >= 0.3 is 0 Å². The monoisotopic (exact) mass is 251 g/mol. The van der Waals surface area contributed by atoms with Gasteiger partial charge in [0, 0.05) is 24.6 Å². The van der Waals surface area contributed by atoms with E-state index >= 15 is 0 Å². The molecule has 0 amide bonds. The molecule has 0 aliphatic rings. The summed E-state index contributed by atoms with van der Waals surface area (Å²) in [5.41, 5.74) is 1.11. The van der Waals surface area contributed by atoms with E-state index in [9.17, 15) is 4.79 Å². The average molecular weight is 252 g/mol. The van der Waals surface area contributed by atoms with Crippen molar-refractivity contribution in [3.8, 4) is 0 Å². The molecule has 0 aliphatic carbocycles. The van der Waals surface area contributed by atoms with Gasteiger partial charge in [-0.05, 0) is 17.7 Å². The first-order chi connectivity index (χ1) is 7.65. The summed E-state index contributed by atoms with van der Waals surface area (Å²) in [4.78, 5) is 16.0. The Morgan fingerprint density at radius 1 is 1.50 bits per heavy atom. The number of ketones is 1. The van der Waals surface area contributed by atoms with Gasteiger partial charge < -0.3 is 0 Å². The molecule has 0 spiro atoms. The Balaban J connectivity index is 2.17. The lowest BCUT2D eigenvalue weighted by Crippen LogP contribution is -1.85. The van der Waals surface area contributed by atoms with Crippen molar-refractivity contribution in [1.29, 1.82) is 0 Å². The highest BCUT2D eigenvalue weighted by Crippen LogP contribution is 2.19. The number of hydrogen-bond donors (Lipinski definition) is 0. The minimum absolute atomic E-state index is 0.0647. The molecular weight excluding hydrogens is 242 g/mol. The summed E-state index contributed by atoms with van der Waals surface area (Å²) in [7, 11) is 0. The zero-order chi connectivity index (χ0) is 11.5. The van der Waals surface area contributed by atoms with E-state index in [-0.39, 0.29) is 5.78 Å². The van der Waals surface area contributed by atoms with Crippen molar-refractivity contribution in [2.45, 2.75) is 13.3 Å². The molecular formula is C12H10ClNOS. The van der Waals surface area contributed by atoms with Crippen LogP contribution < -0.4 is 0 Å². The number of benzene rings is 1. The van der Waals surface area contributed by atoms with Crippen LogP contribution in [0.25, 0.3) is 0 Å². The second-order valence-corrected chi connectivity index (χ2v) is 5.03. The number of rotatable bonds is 3. The first kappa shape index (κ1) is 11.3. The van der Waals surface area contributed by atoms with Crippen LogP contribution >= 0.6 is 22.9 Å². The van der Waals surface area contributed by atoms with Crippen molar-refractivity contribution in [3.63, 3.8) is 0 Å². The van der Waals surface area contributed by atoms with Crippen molar-refractivity contribution < 1.29 is 4.79 Å². The zero-order valence-corrected chi connectivity index (χ0v) is 10.3. The fourth-order valence-corrected chi connectivity index (χ4v) is 2.44. The van der Waals surface area contributed by atoms with Crippen LogP contribution in [0.3, 0.4) is 0 Å². The van der Waals surface area contributed by atoms with Crippen LogP contribution in [0, 0.1) is 0 Å². The number of nitrogens with zero attached hydrogens (tertiary/aromatic N) is 1. The lowest BCUT2D eigenvalue weighted by Gasteiger charge is -1.97. The van der Waals surface area contributed by atoms with Gasteiger partial charge in [0.15, 0.2) is 5.78 Å². The van der Waals surface area contributed by atoms with Gasteiger partial charge in [0.2, 0.25) is 0 Å². The van der Waals surface area contributed by atoms with Crippen LogP contribution in [0.4, 0.5) is 0 Å². The molecule has 0 fully saturated rings. The highest BCUT2D eigenvalue weighted by Gasteiger charge is 2.06. The zero-order valence-electron chi connectivity index (χ0n) is 8.74. The maximum atomic E-state index is 11.1. The third-order valence-corrected chi connectivity index (χ3v) is 3.48. The number of Topliss-reactive ketones (excluding diaryl/α,β-unsaturated/α-hetero) is 1. The largest absolute Gasteiger partial charge is 0.294 e. The van der Waals surface area contributed by atoms with Crippen LogP contribution in [-0.4, -0.2) is 10.8 Å². The quantitative estimate of drug-likeness (QED) is 0.781. The normalized spacial score (nSPS) is 10.4. The van der Waals surface area contributed by atoms with E-state index in [0.29, 0.717) is 4.88 Å². The van der Waals surface area contributed by atoms with Crippen molar-refractivity contribution >= 4 is 28.7 Å². The molecule has 1 heterocycles. The van der Waals surface area contributed by atoms with E-state index < -0.39 is 0 Å². The van der Waals surface area contributed by atoms with Crippen LogP contribution in [0.2, 0.25) is 5.02 Å². The van der Waals surface area contributed by atoms with Crippen LogP contribution in [0.15, 0.2) is 30.5 Å². The van der Waals surface area contributed by atoms with E-state index in [4.69, 9.17) is 11.6 Å². The topological polar surface area (TPSA) is 30.0 Å². The summed E-state index contributed by atoms with van der Waals surface area (Å²) >= 11 is 7.33. The van der Waals surface area contributed by atoms with Gasteiger partial charge in [0.25, 0.3) is 0 Å². The molecule has 0 saturated heterocycles. The molecule has 0 radical (unpaired) electrons. The maximum absolute atomic E-state index is 11.1. The molecule has 0 atom stereocenters. The Labute approximate surface area is 103 Å². The molecule has 2 nitrogen and oxygen atoms in total. The fraction of sp³-hybridized carbons (Fsp3) is 0.167. The minimum atomic E-state index is 0.0647. The summed E-state index contributed by atoms with van der Waals surface area (Å²) in [5.74, 6) is 0.0647. The summed E-state index contributed by atoms with van der Waals surface area (Å²) in [6.45, 7) is 1.55. The number of halogens is 1. The van der Waals surface area contributed by atoms with Crippen molar-refractivity contribution in [2.75, 3.05) is 0 Å². The Kier molecular flexibility index (Phi) is 3.36. The Morgan fingerprint density at radius 2 is 2.31 bits per heavy atom. The van der Waals surface area contributed by atoms with E-state index in [1.807, 2.05) is 24.3 Å². The van der Waals surface area contributed by atoms with Crippen LogP contribution in [-0.2, 0) is 6.42 Å². The lowest BCUT2D eigenvalue weighted by atomic mass is 10.2. The van der Waals surface area contributed by atoms with Gasteiger partial charge in [-0.1, -0.05) is 23.7 Å². The summed E-state index contributed by atoms with van der Waals surface area (Å²) in [6, 6.07) is 7.67. The second-order valence-electron chi connectivity index (χ2n) is 3.48. The van der Waals surface area contributed by atoms with Gasteiger partial charge in [-0.3, -0.25) is 4.79 Å².